The first kappa shape index (κ1) is 17.2. The number of hydrogen-bond acceptors (Lipinski definition) is 5. The van der Waals surface area contributed by atoms with E-state index in [0.717, 1.165) is 18.6 Å². The van der Waals surface area contributed by atoms with Gasteiger partial charge in [0, 0.05) is 30.8 Å². The van der Waals surface area contributed by atoms with Crippen LogP contribution in [0.2, 0.25) is 0 Å². The molecule has 2 aromatic rings. The highest BCUT2D eigenvalue weighted by Gasteiger charge is 2.16. The lowest BCUT2D eigenvalue weighted by molar-refractivity contribution is 0.0237. The number of anilines is 1. The van der Waals surface area contributed by atoms with E-state index in [-0.39, 0.29) is 12.0 Å². The van der Waals surface area contributed by atoms with Crippen molar-refractivity contribution in [1.82, 2.24) is 4.98 Å². The number of benzene rings is 1. The molecule has 25 heavy (non-hydrogen) atoms. The number of carbonyl (C=O) groups is 1. The number of nitrogens with one attached hydrogen (secondary N) is 1. The van der Waals surface area contributed by atoms with E-state index in [1.165, 1.54) is 6.20 Å². The van der Waals surface area contributed by atoms with Gasteiger partial charge in [0.05, 0.1) is 25.4 Å². The quantitative estimate of drug-likeness (QED) is 0.872. The van der Waals surface area contributed by atoms with Gasteiger partial charge in [0.2, 0.25) is 5.88 Å². The molecule has 1 aliphatic heterocycles. The second-order valence-electron chi connectivity index (χ2n) is 5.73. The van der Waals surface area contributed by atoms with Crippen LogP contribution in [-0.4, -0.2) is 36.8 Å². The van der Waals surface area contributed by atoms with Gasteiger partial charge < -0.3 is 19.5 Å². The molecular formula is C19H22N2O4. The third-order valence-corrected chi connectivity index (χ3v) is 3.88. The Bertz CT molecular complexity index is 680. The summed E-state index contributed by atoms with van der Waals surface area (Å²) in [4.78, 5) is 16.5. The van der Waals surface area contributed by atoms with E-state index in [2.05, 4.69) is 10.3 Å². The van der Waals surface area contributed by atoms with Crippen molar-refractivity contribution >= 4 is 11.6 Å². The highest BCUT2D eigenvalue weighted by atomic mass is 16.5. The zero-order valence-electron chi connectivity index (χ0n) is 14.2. The largest absolute Gasteiger partial charge is 0.494 e. The summed E-state index contributed by atoms with van der Waals surface area (Å²) < 4.78 is 16.5. The number of rotatable bonds is 6. The summed E-state index contributed by atoms with van der Waals surface area (Å²) in [5, 5.41) is 2.84. The third-order valence-electron chi connectivity index (χ3n) is 3.88. The van der Waals surface area contributed by atoms with Gasteiger partial charge >= 0.3 is 0 Å². The van der Waals surface area contributed by atoms with Gasteiger partial charge in [-0.3, -0.25) is 4.79 Å². The molecule has 0 unspecified atom stereocenters. The minimum Gasteiger partial charge on any atom is -0.494 e. The lowest BCUT2D eigenvalue weighted by Crippen LogP contribution is -2.26. The van der Waals surface area contributed by atoms with Gasteiger partial charge in [-0.15, -0.1) is 0 Å². The van der Waals surface area contributed by atoms with Crippen LogP contribution in [0.3, 0.4) is 0 Å². The Hall–Kier alpha value is -2.60. The molecule has 1 amide bonds. The van der Waals surface area contributed by atoms with Gasteiger partial charge in [0.15, 0.2) is 0 Å². The normalized spacial score (nSPS) is 14.8. The van der Waals surface area contributed by atoms with Crippen LogP contribution in [0, 0.1) is 0 Å². The fourth-order valence-electron chi connectivity index (χ4n) is 2.55. The van der Waals surface area contributed by atoms with Crippen LogP contribution < -0.4 is 14.8 Å². The molecule has 1 saturated heterocycles. The van der Waals surface area contributed by atoms with E-state index in [1.54, 1.807) is 24.3 Å². The predicted octanol–water partition coefficient (Wildman–Crippen LogP) is 3.29. The minimum absolute atomic E-state index is 0.129. The molecule has 0 atom stereocenters. The van der Waals surface area contributed by atoms with Gasteiger partial charge in [-0.05, 0) is 37.3 Å². The molecule has 0 bridgehead atoms. The summed E-state index contributed by atoms with van der Waals surface area (Å²) in [6.45, 7) is 3.97. The molecule has 6 nitrogen and oxygen atoms in total. The molecule has 1 aromatic heterocycles. The van der Waals surface area contributed by atoms with Crippen LogP contribution in [0.15, 0.2) is 42.6 Å². The van der Waals surface area contributed by atoms with E-state index in [0.29, 0.717) is 37.0 Å². The zero-order chi connectivity index (χ0) is 17.5. The average Bonchev–Trinajstić information content (AvgIpc) is 2.65. The van der Waals surface area contributed by atoms with Gasteiger partial charge in [-0.2, -0.15) is 0 Å². The maximum atomic E-state index is 12.3. The molecule has 132 valence electrons. The van der Waals surface area contributed by atoms with E-state index in [9.17, 15) is 4.79 Å². The molecule has 1 fully saturated rings. The summed E-state index contributed by atoms with van der Waals surface area (Å²) in [7, 11) is 0. The molecule has 6 heteroatoms. The standard InChI is InChI=1S/C19H22N2O4/c1-2-24-16-6-4-15(5-7-16)21-19(22)14-3-8-18(20-13-14)25-17-9-11-23-12-10-17/h3-8,13,17H,2,9-12H2,1H3,(H,21,22). The van der Waals surface area contributed by atoms with Crippen molar-refractivity contribution in [1.29, 1.82) is 0 Å². The summed E-state index contributed by atoms with van der Waals surface area (Å²) in [6, 6.07) is 10.7. The van der Waals surface area contributed by atoms with Crippen LogP contribution in [-0.2, 0) is 4.74 Å². The van der Waals surface area contributed by atoms with E-state index in [4.69, 9.17) is 14.2 Å². The molecule has 0 saturated carbocycles. The molecule has 1 aromatic carbocycles. The average molecular weight is 342 g/mol. The molecule has 1 aliphatic rings. The smallest absolute Gasteiger partial charge is 0.257 e. The lowest BCUT2D eigenvalue weighted by Gasteiger charge is -2.22. The number of carbonyl (C=O) groups excluding carboxylic acids is 1. The van der Waals surface area contributed by atoms with Crippen LogP contribution in [0.4, 0.5) is 5.69 Å². The van der Waals surface area contributed by atoms with Crippen molar-refractivity contribution in [3.8, 4) is 11.6 Å². The molecule has 0 spiro atoms. The van der Waals surface area contributed by atoms with Crippen LogP contribution >= 0.6 is 0 Å². The van der Waals surface area contributed by atoms with E-state index in [1.807, 2.05) is 19.1 Å². The third kappa shape index (κ3) is 4.93. The maximum Gasteiger partial charge on any atom is 0.257 e. The summed E-state index contributed by atoms with van der Waals surface area (Å²) in [5.74, 6) is 1.09. The fourth-order valence-corrected chi connectivity index (χ4v) is 2.55. The fraction of sp³-hybridized carbons (Fsp3) is 0.368. The van der Waals surface area contributed by atoms with Crippen molar-refractivity contribution in [2.45, 2.75) is 25.9 Å². The van der Waals surface area contributed by atoms with E-state index < -0.39 is 0 Å². The molecule has 3 rings (SSSR count). The Morgan fingerprint density at radius 2 is 1.96 bits per heavy atom. The monoisotopic (exact) mass is 342 g/mol. The topological polar surface area (TPSA) is 69.7 Å². The molecule has 0 aliphatic carbocycles. The maximum absolute atomic E-state index is 12.3. The summed E-state index contributed by atoms with van der Waals surface area (Å²) in [6.07, 6.45) is 3.38. The van der Waals surface area contributed by atoms with Crippen LogP contribution in [0.1, 0.15) is 30.1 Å². The van der Waals surface area contributed by atoms with Gasteiger partial charge in [-0.25, -0.2) is 4.98 Å². The van der Waals surface area contributed by atoms with Crippen molar-refractivity contribution < 1.29 is 19.0 Å². The van der Waals surface area contributed by atoms with Crippen molar-refractivity contribution in [2.75, 3.05) is 25.1 Å². The predicted molar refractivity (Wildman–Crippen MR) is 94.3 cm³/mol. The number of pyridine rings is 1. The minimum atomic E-state index is -0.214. The Balaban J connectivity index is 1.56. The number of hydrogen-bond donors (Lipinski definition) is 1. The van der Waals surface area contributed by atoms with Crippen LogP contribution in [0.25, 0.3) is 0 Å². The first-order chi connectivity index (χ1) is 12.2. The van der Waals surface area contributed by atoms with Gasteiger partial charge in [0.1, 0.15) is 11.9 Å². The summed E-state index contributed by atoms with van der Waals surface area (Å²) in [5.41, 5.74) is 1.18. The first-order valence-corrected chi connectivity index (χ1v) is 8.49. The SMILES string of the molecule is CCOc1ccc(NC(=O)c2ccc(OC3CCOCC3)nc2)cc1. The highest BCUT2D eigenvalue weighted by Crippen LogP contribution is 2.18. The summed E-state index contributed by atoms with van der Waals surface area (Å²) >= 11 is 0. The lowest BCUT2D eigenvalue weighted by atomic mass is 10.1. The van der Waals surface area contributed by atoms with E-state index >= 15 is 0 Å². The Labute approximate surface area is 147 Å². The molecule has 0 radical (unpaired) electrons. The number of ether oxygens (including phenoxy) is 3. The van der Waals surface area contributed by atoms with Gasteiger partial charge in [-0.1, -0.05) is 0 Å². The zero-order valence-corrected chi connectivity index (χ0v) is 14.2. The molecular weight excluding hydrogens is 320 g/mol. The number of aromatic nitrogens is 1. The molecule has 2 heterocycles. The Kier molecular flexibility index (Phi) is 5.85. The van der Waals surface area contributed by atoms with Crippen molar-refractivity contribution in [3.63, 3.8) is 0 Å². The van der Waals surface area contributed by atoms with Crippen molar-refractivity contribution in [3.05, 3.63) is 48.2 Å². The number of amides is 1. The highest BCUT2D eigenvalue weighted by molar-refractivity contribution is 6.04. The number of nitrogens with zero attached hydrogens (tertiary/aromatic N) is 1. The second-order valence-corrected chi connectivity index (χ2v) is 5.73. The van der Waals surface area contributed by atoms with Gasteiger partial charge in [0.25, 0.3) is 5.91 Å². The first-order valence-electron chi connectivity index (χ1n) is 8.49. The second kappa shape index (κ2) is 8.48. The Morgan fingerprint density at radius 3 is 2.60 bits per heavy atom. The Morgan fingerprint density at radius 1 is 1.20 bits per heavy atom. The van der Waals surface area contributed by atoms with Crippen molar-refractivity contribution in [2.24, 2.45) is 0 Å². The molecule has 1 N–H and O–H groups in total. The van der Waals surface area contributed by atoms with Crippen LogP contribution in [0.5, 0.6) is 11.6 Å².